The van der Waals surface area contributed by atoms with Crippen molar-refractivity contribution in [1.82, 2.24) is 9.29 Å². The molecule has 150 valence electrons. The van der Waals surface area contributed by atoms with Crippen LogP contribution in [0.3, 0.4) is 0 Å². The Bertz CT molecular complexity index is 952. The van der Waals surface area contributed by atoms with E-state index >= 15 is 0 Å². The van der Waals surface area contributed by atoms with Crippen LogP contribution in [-0.2, 0) is 10.0 Å². The van der Waals surface area contributed by atoms with E-state index in [2.05, 4.69) is 15.5 Å². The highest BCUT2D eigenvalue weighted by molar-refractivity contribution is 7.89. The molecule has 1 aromatic heterocycles. The van der Waals surface area contributed by atoms with E-state index in [4.69, 9.17) is 4.74 Å². The lowest BCUT2D eigenvalue weighted by Crippen LogP contribution is -2.35. The number of hydrogen-bond donors (Lipinski definition) is 2. The lowest BCUT2D eigenvalue weighted by atomic mass is 10.1. The Morgan fingerprint density at radius 1 is 1.21 bits per heavy atom. The van der Waals surface area contributed by atoms with E-state index in [-0.39, 0.29) is 10.6 Å². The zero-order chi connectivity index (χ0) is 20.1. The minimum absolute atomic E-state index is 0.0540. The van der Waals surface area contributed by atoms with Gasteiger partial charge in [-0.05, 0) is 44.0 Å². The van der Waals surface area contributed by atoms with Crippen LogP contribution in [0.4, 0.5) is 5.82 Å². The van der Waals surface area contributed by atoms with Crippen molar-refractivity contribution in [1.29, 1.82) is 0 Å². The highest BCUT2D eigenvalue weighted by Gasteiger charge is 2.26. The molecule has 2 heterocycles. The molecule has 8 nitrogen and oxygen atoms in total. The highest BCUT2D eigenvalue weighted by Crippen LogP contribution is 2.24. The fraction of sp³-hybridized carbons (Fsp3) is 0.368. The summed E-state index contributed by atoms with van der Waals surface area (Å²) >= 11 is 0. The van der Waals surface area contributed by atoms with Crippen LogP contribution in [0.25, 0.3) is 0 Å². The van der Waals surface area contributed by atoms with Gasteiger partial charge in [0.25, 0.3) is 0 Å². The van der Waals surface area contributed by atoms with E-state index < -0.39 is 10.0 Å². The van der Waals surface area contributed by atoms with E-state index in [1.54, 1.807) is 25.1 Å². The molecule has 0 radical (unpaired) electrons. The highest BCUT2D eigenvalue weighted by atomic mass is 32.2. The summed E-state index contributed by atoms with van der Waals surface area (Å²) in [6.07, 6.45) is 4.17. The molecular weight excluding hydrogens is 380 g/mol. The first-order chi connectivity index (χ1) is 13.4. The maximum Gasteiger partial charge on any atom is 0.244 e. The van der Waals surface area contributed by atoms with Crippen LogP contribution in [0.5, 0.6) is 11.5 Å². The smallest absolute Gasteiger partial charge is 0.244 e. The zero-order valence-electron chi connectivity index (χ0n) is 15.9. The van der Waals surface area contributed by atoms with Gasteiger partial charge in [-0.15, -0.1) is 0 Å². The molecule has 2 aromatic rings. The Labute approximate surface area is 164 Å². The number of pyridine rings is 1. The number of nitrogens with one attached hydrogen (secondary N) is 1. The van der Waals surface area contributed by atoms with Gasteiger partial charge in [-0.1, -0.05) is 6.42 Å². The summed E-state index contributed by atoms with van der Waals surface area (Å²) < 4.78 is 31.9. The topological polar surface area (TPSA) is 104 Å². The van der Waals surface area contributed by atoms with Crippen LogP contribution in [0.15, 0.2) is 46.5 Å². The average Bonchev–Trinajstić information content (AvgIpc) is 2.72. The second-order valence-corrected chi connectivity index (χ2v) is 8.47. The minimum Gasteiger partial charge on any atom is -0.507 e. The minimum atomic E-state index is -3.50. The maximum atomic E-state index is 12.6. The number of sulfonamides is 1. The Morgan fingerprint density at radius 3 is 2.57 bits per heavy atom. The number of phenols is 1. The van der Waals surface area contributed by atoms with Gasteiger partial charge in [-0.2, -0.15) is 9.41 Å². The van der Waals surface area contributed by atoms with Crippen LogP contribution in [0.2, 0.25) is 0 Å². The van der Waals surface area contributed by atoms with E-state index in [0.29, 0.717) is 35.9 Å². The number of nitrogens with zero attached hydrogens (tertiary/aromatic N) is 3. The van der Waals surface area contributed by atoms with Gasteiger partial charge in [0.1, 0.15) is 22.2 Å². The van der Waals surface area contributed by atoms with Crippen molar-refractivity contribution in [2.75, 3.05) is 25.6 Å². The molecule has 0 bridgehead atoms. The monoisotopic (exact) mass is 404 g/mol. The van der Waals surface area contributed by atoms with Crippen molar-refractivity contribution >= 4 is 21.6 Å². The molecule has 0 amide bonds. The number of aromatic hydroxyl groups is 1. The molecule has 2 N–H and O–H groups in total. The Hall–Kier alpha value is -2.65. The van der Waals surface area contributed by atoms with Gasteiger partial charge in [-0.25, -0.2) is 13.4 Å². The molecule has 1 fully saturated rings. The number of methoxy groups -OCH3 is 1. The number of ether oxygens (including phenoxy) is 1. The molecule has 0 saturated carbocycles. The van der Waals surface area contributed by atoms with Gasteiger partial charge in [0.15, 0.2) is 0 Å². The lowest BCUT2D eigenvalue weighted by Gasteiger charge is -2.25. The van der Waals surface area contributed by atoms with Crippen molar-refractivity contribution in [3.05, 3.63) is 42.1 Å². The summed E-state index contributed by atoms with van der Waals surface area (Å²) in [5.74, 6) is 1.01. The van der Waals surface area contributed by atoms with Gasteiger partial charge in [0.2, 0.25) is 10.0 Å². The molecule has 0 spiro atoms. The third-order valence-corrected chi connectivity index (χ3v) is 6.50. The Balaban J connectivity index is 1.71. The standard InChI is InChI=1S/C19H24N4O4S/c1-14(17-8-6-15(27-2)12-18(17)24)21-22-19-9-7-16(13-20-19)28(25,26)23-10-4-3-5-11-23/h6-9,12-13,24H,3-5,10-11H2,1-2H3,(H,20,22)/b21-14+. The summed E-state index contributed by atoms with van der Waals surface area (Å²) in [5, 5.41) is 14.3. The molecule has 0 atom stereocenters. The lowest BCUT2D eigenvalue weighted by molar-refractivity contribution is 0.346. The van der Waals surface area contributed by atoms with Gasteiger partial charge >= 0.3 is 0 Å². The van der Waals surface area contributed by atoms with Crippen molar-refractivity contribution in [2.24, 2.45) is 5.10 Å². The SMILES string of the molecule is COc1ccc(/C(C)=N/Nc2ccc(S(=O)(=O)N3CCCCC3)cn2)c(O)c1. The fourth-order valence-electron chi connectivity index (χ4n) is 3.00. The summed E-state index contributed by atoms with van der Waals surface area (Å²) in [7, 11) is -1.98. The van der Waals surface area contributed by atoms with Gasteiger partial charge in [-0.3, -0.25) is 5.43 Å². The Morgan fingerprint density at radius 2 is 1.96 bits per heavy atom. The molecule has 0 aliphatic carbocycles. The van der Waals surface area contributed by atoms with Crippen LogP contribution in [-0.4, -0.2) is 48.7 Å². The number of piperidine rings is 1. The first-order valence-corrected chi connectivity index (χ1v) is 10.5. The first-order valence-electron chi connectivity index (χ1n) is 9.05. The first kappa shape index (κ1) is 20.1. The zero-order valence-corrected chi connectivity index (χ0v) is 16.7. The Kier molecular flexibility index (Phi) is 6.15. The number of hydrazone groups is 1. The number of rotatable bonds is 6. The quantitative estimate of drug-likeness (QED) is 0.567. The van der Waals surface area contributed by atoms with Gasteiger partial charge < -0.3 is 9.84 Å². The van der Waals surface area contributed by atoms with E-state index in [9.17, 15) is 13.5 Å². The van der Waals surface area contributed by atoms with Gasteiger partial charge in [0, 0.05) is 30.9 Å². The predicted molar refractivity (Wildman–Crippen MR) is 107 cm³/mol. The van der Waals surface area contributed by atoms with Crippen molar-refractivity contribution in [2.45, 2.75) is 31.1 Å². The van der Waals surface area contributed by atoms with E-state index in [1.165, 1.54) is 29.7 Å². The normalized spacial score (nSPS) is 16.0. The fourth-order valence-corrected chi connectivity index (χ4v) is 4.46. The average molecular weight is 404 g/mol. The summed E-state index contributed by atoms with van der Waals surface area (Å²) in [6.45, 7) is 2.85. The predicted octanol–water partition coefficient (Wildman–Crippen LogP) is 2.81. The number of hydrogen-bond acceptors (Lipinski definition) is 7. The van der Waals surface area contributed by atoms with Crippen molar-refractivity contribution < 1.29 is 18.3 Å². The van der Waals surface area contributed by atoms with Crippen LogP contribution >= 0.6 is 0 Å². The summed E-state index contributed by atoms with van der Waals surface area (Å²) in [5.41, 5.74) is 3.88. The second-order valence-electron chi connectivity index (χ2n) is 6.54. The molecule has 9 heteroatoms. The van der Waals surface area contributed by atoms with Crippen LogP contribution in [0.1, 0.15) is 31.7 Å². The second kappa shape index (κ2) is 8.57. The number of phenolic OH excluding ortho intramolecular Hbond substituents is 1. The third-order valence-electron chi connectivity index (χ3n) is 4.62. The van der Waals surface area contributed by atoms with Gasteiger partial charge in [0.05, 0.1) is 12.8 Å². The molecule has 3 rings (SSSR count). The molecule has 28 heavy (non-hydrogen) atoms. The van der Waals surface area contributed by atoms with Crippen molar-refractivity contribution in [3.8, 4) is 11.5 Å². The molecule has 1 aliphatic heterocycles. The molecular formula is C19H24N4O4S. The number of benzene rings is 1. The summed E-state index contributed by atoms with van der Waals surface area (Å²) in [4.78, 5) is 4.32. The van der Waals surface area contributed by atoms with E-state index in [1.807, 2.05) is 0 Å². The summed E-state index contributed by atoms with van der Waals surface area (Å²) in [6, 6.07) is 8.03. The number of aromatic nitrogens is 1. The largest absolute Gasteiger partial charge is 0.507 e. The molecule has 1 aromatic carbocycles. The third kappa shape index (κ3) is 4.42. The molecule has 0 unspecified atom stereocenters. The maximum absolute atomic E-state index is 12.6. The number of anilines is 1. The van der Waals surface area contributed by atoms with Crippen LogP contribution < -0.4 is 10.2 Å². The van der Waals surface area contributed by atoms with Crippen molar-refractivity contribution in [3.63, 3.8) is 0 Å². The molecule has 1 aliphatic rings. The van der Waals surface area contributed by atoms with Crippen LogP contribution in [0, 0.1) is 0 Å². The van der Waals surface area contributed by atoms with E-state index in [0.717, 1.165) is 19.3 Å². The molecule has 1 saturated heterocycles.